The molecule has 0 unspecified atom stereocenters. The summed E-state index contributed by atoms with van der Waals surface area (Å²) in [4.78, 5) is 19.6. The molecular formula is C20H28N6O. The van der Waals surface area contributed by atoms with E-state index in [4.69, 9.17) is 11.4 Å². The van der Waals surface area contributed by atoms with Crippen LogP contribution >= 0.6 is 0 Å². The Morgan fingerprint density at radius 3 is 2.70 bits per heavy atom. The van der Waals surface area contributed by atoms with E-state index in [1.807, 2.05) is 4.90 Å². The zero-order chi connectivity index (χ0) is 19.0. The van der Waals surface area contributed by atoms with Crippen LogP contribution in [0.4, 0.5) is 0 Å². The fourth-order valence-electron chi connectivity index (χ4n) is 4.17. The monoisotopic (exact) mass is 368 g/mol. The number of nitrogens with one attached hydrogen (secondary N) is 1. The normalized spacial score (nSPS) is 25.8. The molecule has 144 valence electrons. The van der Waals surface area contributed by atoms with Crippen LogP contribution in [0.1, 0.15) is 75.9 Å². The summed E-state index contributed by atoms with van der Waals surface area (Å²) in [5.41, 5.74) is -0.381. The second-order valence-electron chi connectivity index (χ2n) is 8.53. The highest BCUT2D eigenvalue weighted by Gasteiger charge is 2.46. The maximum atomic E-state index is 12.8. The number of H-pyrrole nitrogens is 1. The first kappa shape index (κ1) is 18.1. The molecule has 27 heavy (non-hydrogen) atoms. The molecule has 1 N–H and O–H groups in total. The highest BCUT2D eigenvalue weighted by molar-refractivity contribution is 5.76. The zero-order valence-electron chi connectivity index (χ0n) is 16.2. The Labute approximate surface area is 160 Å². The Balaban J connectivity index is 1.38. The van der Waals surface area contributed by atoms with Gasteiger partial charge >= 0.3 is 0 Å². The van der Waals surface area contributed by atoms with E-state index in [-0.39, 0.29) is 17.5 Å². The lowest BCUT2D eigenvalue weighted by atomic mass is 9.91. The highest BCUT2D eigenvalue weighted by Crippen LogP contribution is 2.47. The summed E-state index contributed by atoms with van der Waals surface area (Å²) in [5, 5.41) is 15.8. The van der Waals surface area contributed by atoms with Gasteiger partial charge in [-0.25, -0.2) is 4.98 Å². The predicted molar refractivity (Wildman–Crippen MR) is 101 cm³/mol. The molecule has 0 radical (unpaired) electrons. The van der Waals surface area contributed by atoms with Crippen molar-refractivity contribution in [2.45, 2.75) is 69.9 Å². The number of amides is 1. The number of aromatic amines is 1. The molecule has 3 heterocycles. The van der Waals surface area contributed by atoms with Gasteiger partial charge in [0.1, 0.15) is 5.82 Å². The summed E-state index contributed by atoms with van der Waals surface area (Å²) >= 11 is 0. The Bertz CT molecular complexity index is 766. The van der Waals surface area contributed by atoms with Crippen LogP contribution in [0, 0.1) is 24.2 Å². The van der Waals surface area contributed by atoms with Gasteiger partial charge in [-0.2, -0.15) is 15.3 Å². The summed E-state index contributed by atoms with van der Waals surface area (Å²) < 4.78 is 0. The number of rotatable bonds is 8. The van der Waals surface area contributed by atoms with Crippen LogP contribution in [0.5, 0.6) is 0 Å². The van der Waals surface area contributed by atoms with Crippen molar-refractivity contribution in [2.75, 3.05) is 13.1 Å². The Hall–Kier alpha value is -2.23. The van der Waals surface area contributed by atoms with Crippen molar-refractivity contribution in [3.63, 3.8) is 0 Å². The van der Waals surface area contributed by atoms with Crippen LogP contribution in [0.3, 0.4) is 0 Å². The summed E-state index contributed by atoms with van der Waals surface area (Å²) in [7, 11) is 0. The molecule has 1 aromatic heterocycles. The highest BCUT2D eigenvalue weighted by atomic mass is 16.2. The largest absolute Gasteiger partial charge is 0.342 e. The van der Waals surface area contributed by atoms with Crippen LogP contribution in [-0.4, -0.2) is 44.7 Å². The molecule has 7 heteroatoms. The third-order valence-corrected chi connectivity index (χ3v) is 6.12. The zero-order valence-corrected chi connectivity index (χ0v) is 16.2. The molecule has 1 aromatic rings. The smallest absolute Gasteiger partial charge is 0.222 e. The van der Waals surface area contributed by atoms with E-state index in [9.17, 15) is 4.79 Å². The number of likely N-dealkylation sites (tertiary alicyclic amines) is 1. The van der Waals surface area contributed by atoms with Crippen molar-refractivity contribution in [1.82, 2.24) is 20.1 Å². The summed E-state index contributed by atoms with van der Waals surface area (Å²) in [6, 6.07) is 0. The minimum atomic E-state index is -0.381. The van der Waals surface area contributed by atoms with Gasteiger partial charge < -0.3 is 4.90 Å². The van der Waals surface area contributed by atoms with Gasteiger partial charge in [0.15, 0.2) is 11.5 Å². The predicted octanol–water partition coefficient (Wildman–Crippen LogP) is 3.24. The quantitative estimate of drug-likeness (QED) is 0.715. The molecule has 1 saturated carbocycles. The van der Waals surface area contributed by atoms with Gasteiger partial charge in [-0.15, -0.1) is 12.3 Å². The number of hydrogen-bond acceptors (Lipinski definition) is 5. The number of carbonyl (C=O) groups excluding carboxylic acids is 1. The number of hydrogen-bond donors (Lipinski definition) is 1. The fraction of sp³-hybridized carbons (Fsp3) is 0.750. The molecule has 1 saturated heterocycles. The molecule has 2 atom stereocenters. The molecule has 7 nitrogen and oxygen atoms in total. The van der Waals surface area contributed by atoms with Gasteiger partial charge in [0.25, 0.3) is 0 Å². The molecule has 2 aliphatic heterocycles. The topological polar surface area (TPSA) is 86.6 Å². The minimum absolute atomic E-state index is 0.198. The van der Waals surface area contributed by atoms with Crippen molar-refractivity contribution in [3.05, 3.63) is 11.6 Å². The number of carbonyl (C=O) groups is 1. The molecule has 0 bridgehead atoms. The number of aromatic nitrogens is 3. The van der Waals surface area contributed by atoms with E-state index in [1.54, 1.807) is 0 Å². The molecule has 4 rings (SSSR count). The molecule has 3 aliphatic rings. The van der Waals surface area contributed by atoms with Crippen LogP contribution < -0.4 is 0 Å². The van der Waals surface area contributed by atoms with Crippen LogP contribution in [-0.2, 0) is 4.79 Å². The molecular weight excluding hydrogens is 340 g/mol. The minimum Gasteiger partial charge on any atom is -0.342 e. The molecule has 2 fully saturated rings. The number of terminal acetylenes is 1. The van der Waals surface area contributed by atoms with Crippen molar-refractivity contribution in [2.24, 2.45) is 22.1 Å². The number of nitrogens with zero attached hydrogens (tertiary/aromatic N) is 5. The average molecular weight is 368 g/mol. The standard InChI is InChI=1S/C20H28N6O/c1-4-5-9-20(24-25-20)10-8-17(27)26-11-15(14-6-7-14)16(12-26)19-21-18(13(2)3)22-23-19/h1,13-16H,5-12H2,2-3H3,(H,21,22,23)/t15-,16+/m0/s1. The van der Waals surface area contributed by atoms with Gasteiger partial charge in [-0.1, -0.05) is 13.8 Å². The van der Waals surface area contributed by atoms with Crippen molar-refractivity contribution < 1.29 is 4.79 Å². The first-order chi connectivity index (χ1) is 13.0. The van der Waals surface area contributed by atoms with E-state index >= 15 is 0 Å². The maximum Gasteiger partial charge on any atom is 0.222 e. The van der Waals surface area contributed by atoms with E-state index in [2.05, 4.69) is 40.2 Å². The van der Waals surface area contributed by atoms with E-state index < -0.39 is 0 Å². The Kier molecular flexibility index (Phi) is 4.75. The molecule has 0 aromatic carbocycles. The fourth-order valence-corrected chi connectivity index (χ4v) is 4.17. The van der Waals surface area contributed by atoms with Crippen molar-refractivity contribution in [3.8, 4) is 12.3 Å². The molecule has 0 spiro atoms. The lowest BCUT2D eigenvalue weighted by molar-refractivity contribution is -0.130. The van der Waals surface area contributed by atoms with Crippen LogP contribution in [0.15, 0.2) is 10.2 Å². The van der Waals surface area contributed by atoms with Gasteiger partial charge in [-0.05, 0) is 24.7 Å². The molecule has 1 amide bonds. The maximum absolute atomic E-state index is 12.8. The van der Waals surface area contributed by atoms with Gasteiger partial charge in [0, 0.05) is 50.6 Å². The molecule has 1 aliphatic carbocycles. The van der Waals surface area contributed by atoms with Gasteiger partial charge in [-0.3, -0.25) is 9.89 Å². The first-order valence-corrected chi connectivity index (χ1v) is 10.1. The lowest BCUT2D eigenvalue weighted by Gasteiger charge is -2.17. The van der Waals surface area contributed by atoms with Crippen LogP contribution in [0.25, 0.3) is 0 Å². The van der Waals surface area contributed by atoms with E-state index in [0.717, 1.165) is 37.1 Å². The van der Waals surface area contributed by atoms with Crippen LogP contribution in [0.2, 0.25) is 0 Å². The SMILES string of the molecule is C#CCCC1(CCC(=O)N2C[C@@H](c3nc(C(C)C)n[nH]3)[C@H](C3CC3)C2)N=N1. The third kappa shape index (κ3) is 3.90. The summed E-state index contributed by atoms with van der Waals surface area (Å²) in [5.74, 6) is 6.42. The average Bonchev–Trinajstić information content (AvgIpc) is 3.55. The second kappa shape index (κ2) is 7.06. The third-order valence-electron chi connectivity index (χ3n) is 6.12. The van der Waals surface area contributed by atoms with E-state index in [0.29, 0.717) is 31.1 Å². The second-order valence-corrected chi connectivity index (χ2v) is 8.53. The Morgan fingerprint density at radius 2 is 2.11 bits per heavy atom. The summed E-state index contributed by atoms with van der Waals surface area (Å²) in [6.07, 6.45) is 10.4. The lowest BCUT2D eigenvalue weighted by Crippen LogP contribution is -2.30. The Morgan fingerprint density at radius 1 is 1.33 bits per heavy atom. The summed E-state index contributed by atoms with van der Waals surface area (Å²) in [6.45, 7) is 5.76. The van der Waals surface area contributed by atoms with E-state index in [1.165, 1.54) is 12.8 Å². The van der Waals surface area contributed by atoms with Crippen molar-refractivity contribution in [1.29, 1.82) is 0 Å². The first-order valence-electron chi connectivity index (χ1n) is 10.1. The van der Waals surface area contributed by atoms with Crippen molar-refractivity contribution >= 4 is 5.91 Å². The van der Waals surface area contributed by atoms with Gasteiger partial charge in [0.05, 0.1) is 0 Å². The van der Waals surface area contributed by atoms with Gasteiger partial charge in [0.2, 0.25) is 5.91 Å².